The minimum atomic E-state index is -0.409. The molecule has 0 aliphatic carbocycles. The van der Waals surface area contributed by atoms with Crippen molar-refractivity contribution in [2.45, 2.75) is 25.7 Å². The van der Waals surface area contributed by atoms with Crippen molar-refractivity contribution in [2.75, 3.05) is 6.54 Å². The zero-order valence-electron chi connectivity index (χ0n) is 17.2. The van der Waals surface area contributed by atoms with Crippen molar-refractivity contribution in [1.29, 1.82) is 0 Å². The summed E-state index contributed by atoms with van der Waals surface area (Å²) in [5.41, 5.74) is 6.15. The van der Waals surface area contributed by atoms with E-state index in [4.69, 9.17) is 23.8 Å². The average molecular weight is 488 g/mol. The molecule has 0 saturated carbocycles. The maximum Gasteiger partial charge on any atom is 0.269 e. The topological polar surface area (TPSA) is 78.5 Å². The van der Waals surface area contributed by atoms with Crippen LogP contribution in [0, 0.1) is 0 Å². The molecule has 1 fully saturated rings. The third-order valence-corrected chi connectivity index (χ3v) is 6.31. The van der Waals surface area contributed by atoms with Crippen molar-refractivity contribution in [3.63, 3.8) is 0 Å². The summed E-state index contributed by atoms with van der Waals surface area (Å²) in [4.78, 5) is 38.7. The van der Waals surface area contributed by atoms with Gasteiger partial charge in [-0.2, -0.15) is 0 Å². The Morgan fingerprint density at radius 2 is 1.72 bits per heavy atom. The van der Waals surface area contributed by atoms with Gasteiger partial charge in [0, 0.05) is 23.6 Å². The van der Waals surface area contributed by atoms with E-state index in [0.29, 0.717) is 32.8 Å². The first-order valence-corrected chi connectivity index (χ1v) is 11.7. The van der Waals surface area contributed by atoms with E-state index in [1.54, 1.807) is 29.2 Å². The number of amides is 3. The van der Waals surface area contributed by atoms with Crippen molar-refractivity contribution in [3.8, 4) is 0 Å². The smallest absolute Gasteiger partial charge is 0.269 e. The number of hydrazine groups is 1. The number of benzene rings is 2. The first-order valence-electron chi connectivity index (χ1n) is 10.1. The van der Waals surface area contributed by atoms with Crippen LogP contribution >= 0.6 is 35.6 Å². The Balaban J connectivity index is 1.34. The first kappa shape index (κ1) is 24.0. The van der Waals surface area contributed by atoms with Gasteiger partial charge in [-0.15, -0.1) is 0 Å². The molecular formula is C23H22ClN3O3S2. The number of carbonyl (C=O) groups excluding carboxylic acids is 3. The average Bonchev–Trinajstić information content (AvgIpc) is 3.05. The van der Waals surface area contributed by atoms with Crippen LogP contribution in [0.5, 0.6) is 0 Å². The maximum atomic E-state index is 12.6. The molecule has 0 unspecified atom stereocenters. The highest BCUT2D eigenvalue weighted by Crippen LogP contribution is 2.32. The number of nitrogens with one attached hydrogen (secondary N) is 2. The summed E-state index contributed by atoms with van der Waals surface area (Å²) in [7, 11) is 0. The number of halogens is 1. The van der Waals surface area contributed by atoms with E-state index in [2.05, 4.69) is 10.9 Å². The molecule has 1 heterocycles. The lowest BCUT2D eigenvalue weighted by Crippen LogP contribution is -2.41. The van der Waals surface area contributed by atoms with E-state index in [-0.39, 0.29) is 18.2 Å². The quantitative estimate of drug-likeness (QED) is 0.247. The van der Waals surface area contributed by atoms with Crippen molar-refractivity contribution in [1.82, 2.24) is 15.8 Å². The molecule has 2 aromatic rings. The van der Waals surface area contributed by atoms with Gasteiger partial charge < -0.3 is 0 Å². The molecule has 3 amide bonds. The Morgan fingerprint density at radius 3 is 2.44 bits per heavy atom. The second kappa shape index (κ2) is 11.8. The fourth-order valence-electron chi connectivity index (χ4n) is 2.99. The molecule has 2 N–H and O–H groups in total. The van der Waals surface area contributed by atoms with Crippen molar-refractivity contribution >= 4 is 63.7 Å². The van der Waals surface area contributed by atoms with Crippen LogP contribution in [-0.4, -0.2) is 33.5 Å². The zero-order valence-corrected chi connectivity index (χ0v) is 19.6. The van der Waals surface area contributed by atoms with E-state index in [0.717, 1.165) is 18.4 Å². The molecule has 6 nitrogen and oxygen atoms in total. The molecule has 166 valence electrons. The van der Waals surface area contributed by atoms with Crippen molar-refractivity contribution in [2.24, 2.45) is 0 Å². The van der Waals surface area contributed by atoms with Gasteiger partial charge in [0.15, 0.2) is 0 Å². The summed E-state index contributed by atoms with van der Waals surface area (Å²) in [6, 6.07) is 16.0. The molecule has 0 bridgehead atoms. The van der Waals surface area contributed by atoms with Crippen LogP contribution < -0.4 is 10.9 Å². The molecular weight excluding hydrogens is 466 g/mol. The van der Waals surface area contributed by atoms with Gasteiger partial charge in [0.05, 0.1) is 4.91 Å². The molecule has 9 heteroatoms. The normalized spacial score (nSPS) is 14.7. The van der Waals surface area contributed by atoms with Crippen molar-refractivity contribution < 1.29 is 14.4 Å². The SMILES string of the molecule is O=C(CCCCCN1C(=O)/C(=C/c2ccccc2)SC1=S)NNC(=O)c1ccc(Cl)cc1. The lowest BCUT2D eigenvalue weighted by molar-refractivity contribution is -0.123. The third-order valence-electron chi connectivity index (χ3n) is 4.68. The highest BCUT2D eigenvalue weighted by atomic mass is 35.5. The monoisotopic (exact) mass is 487 g/mol. The standard InChI is InChI=1S/C23H22ClN3O3S2/c24-18-12-10-17(11-13-18)21(29)26-25-20(28)9-5-2-6-14-27-22(30)19(32-23(27)31)15-16-7-3-1-4-8-16/h1,3-4,7-8,10-13,15H,2,5-6,9,14H2,(H,25,28)(H,26,29)/b19-15-. The fourth-order valence-corrected chi connectivity index (χ4v) is 4.42. The summed E-state index contributed by atoms with van der Waals surface area (Å²) < 4.78 is 0.555. The minimum absolute atomic E-state index is 0.0773. The molecule has 0 aromatic heterocycles. The van der Waals surface area contributed by atoms with Gasteiger partial charge in [0.1, 0.15) is 4.32 Å². The molecule has 0 atom stereocenters. The molecule has 1 aliphatic heterocycles. The number of hydrogen-bond donors (Lipinski definition) is 2. The molecule has 2 aromatic carbocycles. The number of thiocarbonyl (C=S) groups is 1. The first-order chi connectivity index (χ1) is 15.4. The van der Waals surface area contributed by atoms with Gasteiger partial charge in [-0.3, -0.25) is 30.1 Å². The predicted molar refractivity (Wildman–Crippen MR) is 132 cm³/mol. The van der Waals surface area contributed by atoms with Crippen LogP contribution in [0.25, 0.3) is 6.08 Å². The lowest BCUT2D eigenvalue weighted by atomic mass is 10.2. The van der Waals surface area contributed by atoms with Gasteiger partial charge in [0.25, 0.3) is 11.8 Å². The second-order valence-electron chi connectivity index (χ2n) is 7.06. The van der Waals surface area contributed by atoms with Crippen LogP contribution in [0.4, 0.5) is 0 Å². The van der Waals surface area contributed by atoms with Crippen LogP contribution in [0.2, 0.25) is 5.02 Å². The fraction of sp³-hybridized carbons (Fsp3) is 0.217. The van der Waals surface area contributed by atoms with Crippen LogP contribution in [0.3, 0.4) is 0 Å². The Kier molecular flexibility index (Phi) is 8.84. The molecule has 1 aliphatic rings. The van der Waals surface area contributed by atoms with Gasteiger partial charge in [-0.1, -0.05) is 72.3 Å². The summed E-state index contributed by atoms with van der Waals surface area (Å²) in [5.74, 6) is -0.761. The lowest BCUT2D eigenvalue weighted by Gasteiger charge is -2.14. The summed E-state index contributed by atoms with van der Waals surface area (Å²) in [5, 5.41) is 0.531. The summed E-state index contributed by atoms with van der Waals surface area (Å²) >= 11 is 12.5. The minimum Gasteiger partial charge on any atom is -0.293 e. The molecule has 0 radical (unpaired) electrons. The Bertz CT molecular complexity index is 1030. The van der Waals surface area contributed by atoms with Crippen molar-refractivity contribution in [3.05, 3.63) is 75.7 Å². The Hall–Kier alpha value is -2.68. The molecule has 3 rings (SSSR count). The maximum absolute atomic E-state index is 12.6. The van der Waals surface area contributed by atoms with Crippen LogP contribution in [0.1, 0.15) is 41.6 Å². The predicted octanol–water partition coefficient (Wildman–Crippen LogP) is 4.56. The summed E-state index contributed by atoms with van der Waals surface area (Å²) in [6.07, 6.45) is 4.25. The van der Waals surface area contributed by atoms with Gasteiger partial charge in [0.2, 0.25) is 5.91 Å². The largest absolute Gasteiger partial charge is 0.293 e. The number of nitrogens with zero attached hydrogens (tertiary/aromatic N) is 1. The number of rotatable bonds is 8. The van der Waals surface area contributed by atoms with Gasteiger partial charge in [-0.25, -0.2) is 0 Å². The van der Waals surface area contributed by atoms with Gasteiger partial charge in [-0.05, 0) is 48.7 Å². The number of unbranched alkanes of at least 4 members (excludes halogenated alkanes) is 2. The van der Waals surface area contributed by atoms with E-state index in [1.165, 1.54) is 11.8 Å². The van der Waals surface area contributed by atoms with E-state index >= 15 is 0 Å². The van der Waals surface area contributed by atoms with E-state index in [1.807, 2.05) is 36.4 Å². The van der Waals surface area contributed by atoms with E-state index < -0.39 is 5.91 Å². The highest BCUT2D eigenvalue weighted by molar-refractivity contribution is 8.26. The third kappa shape index (κ3) is 6.91. The number of hydrogen-bond acceptors (Lipinski definition) is 5. The Labute approximate surface area is 201 Å². The molecule has 1 saturated heterocycles. The zero-order chi connectivity index (χ0) is 22.9. The van der Waals surface area contributed by atoms with Crippen LogP contribution in [0.15, 0.2) is 59.5 Å². The summed E-state index contributed by atoms with van der Waals surface area (Å²) in [6.45, 7) is 0.520. The van der Waals surface area contributed by atoms with E-state index in [9.17, 15) is 14.4 Å². The molecule has 32 heavy (non-hydrogen) atoms. The highest BCUT2D eigenvalue weighted by Gasteiger charge is 2.31. The Morgan fingerprint density at radius 1 is 1.00 bits per heavy atom. The molecule has 0 spiro atoms. The number of thioether (sulfide) groups is 1. The number of carbonyl (C=O) groups is 3. The van der Waals surface area contributed by atoms with Crippen LogP contribution in [-0.2, 0) is 9.59 Å². The second-order valence-corrected chi connectivity index (χ2v) is 9.18. The van der Waals surface area contributed by atoms with Gasteiger partial charge >= 0.3 is 0 Å².